The highest BCUT2D eigenvalue weighted by Crippen LogP contribution is 2.31. The first-order valence-corrected chi connectivity index (χ1v) is 8.56. The first-order chi connectivity index (χ1) is 12.2. The molecule has 1 saturated heterocycles. The smallest absolute Gasteiger partial charge is 0.351 e. The number of nitrogens with zero attached hydrogens (tertiary/aromatic N) is 2. The Hall–Kier alpha value is -2.09. The Bertz CT molecular complexity index is 833. The molecule has 1 aromatic carbocycles. The molecular formula is C17H18ClN3O4. The van der Waals surface area contributed by atoms with E-state index in [9.17, 15) is 4.79 Å². The van der Waals surface area contributed by atoms with E-state index in [0.717, 1.165) is 28.9 Å². The maximum Gasteiger partial charge on any atom is 0.351 e. The average Bonchev–Trinajstić information content (AvgIpc) is 2.66. The van der Waals surface area contributed by atoms with Crippen molar-refractivity contribution in [2.24, 2.45) is 0 Å². The van der Waals surface area contributed by atoms with Gasteiger partial charge in [0.1, 0.15) is 12.7 Å². The molecule has 0 amide bonds. The summed E-state index contributed by atoms with van der Waals surface area (Å²) in [5.41, 5.74) is 3.45. The van der Waals surface area contributed by atoms with Gasteiger partial charge in [0.25, 0.3) is 0 Å². The molecule has 2 aliphatic heterocycles. The van der Waals surface area contributed by atoms with E-state index in [1.165, 1.54) is 0 Å². The van der Waals surface area contributed by atoms with Gasteiger partial charge in [-0.25, -0.2) is 4.79 Å². The molecule has 25 heavy (non-hydrogen) atoms. The van der Waals surface area contributed by atoms with Gasteiger partial charge in [-0.2, -0.15) is 4.98 Å². The third kappa shape index (κ3) is 3.35. The molecule has 1 atom stereocenters. The van der Waals surface area contributed by atoms with Crippen molar-refractivity contribution < 1.29 is 14.2 Å². The van der Waals surface area contributed by atoms with Crippen LogP contribution >= 0.6 is 11.8 Å². The summed E-state index contributed by atoms with van der Waals surface area (Å²) >= 11 is 5.68. The van der Waals surface area contributed by atoms with Gasteiger partial charge in [0.05, 0.1) is 25.5 Å². The fourth-order valence-electron chi connectivity index (χ4n) is 3.15. The van der Waals surface area contributed by atoms with Gasteiger partial charge in [0.2, 0.25) is 5.88 Å². The highest BCUT2D eigenvalue weighted by Gasteiger charge is 2.20. The second kappa shape index (κ2) is 7.03. The number of hydrogen-bond acceptors (Lipinski definition) is 6. The quantitative estimate of drug-likeness (QED) is 0.835. The second-order valence-corrected chi connectivity index (χ2v) is 6.20. The number of hydrogen-bond donors (Lipinski definition) is 1. The molecular weight excluding hydrogens is 346 g/mol. The molecule has 1 aromatic heterocycles. The standard InChI is InChI=1S/C17H18ClN3O4/c18-20-12-1-2-14-11(7-12)3-4-21-15(14)8-16(19-17(21)22)25-10-13-9-23-5-6-24-13/h1-2,7-8,13,20H,3-6,9-10H2/t13-/m0/s1. The van der Waals surface area contributed by atoms with Crippen LogP contribution in [0.2, 0.25) is 0 Å². The van der Waals surface area contributed by atoms with Gasteiger partial charge in [-0.3, -0.25) is 9.40 Å². The summed E-state index contributed by atoms with van der Waals surface area (Å²) in [5, 5.41) is 0. The predicted octanol–water partition coefficient (Wildman–Crippen LogP) is 1.83. The summed E-state index contributed by atoms with van der Waals surface area (Å²) in [7, 11) is 0. The maximum absolute atomic E-state index is 12.4. The van der Waals surface area contributed by atoms with Crippen LogP contribution in [0.3, 0.4) is 0 Å². The lowest BCUT2D eigenvalue weighted by molar-refractivity contribution is -0.102. The molecule has 132 valence electrons. The summed E-state index contributed by atoms with van der Waals surface area (Å²) in [5.74, 6) is 0.304. The Labute approximate surface area is 149 Å². The molecule has 8 heteroatoms. The van der Waals surface area contributed by atoms with Crippen molar-refractivity contribution in [3.05, 3.63) is 40.3 Å². The largest absolute Gasteiger partial charge is 0.475 e. The number of benzene rings is 1. The molecule has 3 heterocycles. The minimum absolute atomic E-state index is 0.140. The molecule has 0 radical (unpaired) electrons. The van der Waals surface area contributed by atoms with E-state index in [0.29, 0.717) is 38.9 Å². The van der Waals surface area contributed by atoms with Gasteiger partial charge in [-0.1, -0.05) is 6.07 Å². The van der Waals surface area contributed by atoms with Crippen molar-refractivity contribution in [2.45, 2.75) is 19.1 Å². The topological polar surface area (TPSA) is 74.6 Å². The molecule has 7 nitrogen and oxygen atoms in total. The molecule has 0 saturated carbocycles. The second-order valence-electron chi connectivity index (χ2n) is 6.01. The third-order valence-electron chi connectivity index (χ3n) is 4.38. The molecule has 0 unspecified atom stereocenters. The molecule has 0 bridgehead atoms. The van der Waals surface area contributed by atoms with Crippen LogP contribution in [0.1, 0.15) is 5.56 Å². The van der Waals surface area contributed by atoms with Crippen LogP contribution < -0.4 is 15.3 Å². The number of aromatic nitrogens is 2. The Kier molecular flexibility index (Phi) is 4.61. The lowest BCUT2D eigenvalue weighted by Crippen LogP contribution is -2.34. The van der Waals surface area contributed by atoms with Crippen LogP contribution in [0, 0.1) is 0 Å². The lowest BCUT2D eigenvalue weighted by atomic mass is 9.97. The Morgan fingerprint density at radius 2 is 2.28 bits per heavy atom. The monoisotopic (exact) mass is 363 g/mol. The normalized spacial score (nSPS) is 19.0. The van der Waals surface area contributed by atoms with E-state index in [4.69, 9.17) is 26.0 Å². The molecule has 1 fully saturated rings. The van der Waals surface area contributed by atoms with Crippen molar-refractivity contribution in [1.29, 1.82) is 0 Å². The number of fused-ring (bicyclic) bond motifs is 3. The molecule has 1 N–H and O–H groups in total. The van der Waals surface area contributed by atoms with E-state index in [1.54, 1.807) is 10.6 Å². The number of nitrogens with one attached hydrogen (secondary N) is 1. The first kappa shape index (κ1) is 16.4. The van der Waals surface area contributed by atoms with Crippen LogP contribution in [0.25, 0.3) is 11.3 Å². The van der Waals surface area contributed by atoms with E-state index in [2.05, 4.69) is 9.82 Å². The van der Waals surface area contributed by atoms with Crippen LogP contribution in [0.4, 0.5) is 5.69 Å². The van der Waals surface area contributed by atoms with Gasteiger partial charge in [-0.15, -0.1) is 0 Å². The number of anilines is 1. The van der Waals surface area contributed by atoms with Gasteiger partial charge in [-0.05, 0) is 24.1 Å². The Morgan fingerprint density at radius 3 is 3.08 bits per heavy atom. The summed E-state index contributed by atoms with van der Waals surface area (Å²) in [4.78, 5) is 19.0. The number of rotatable bonds is 4. The van der Waals surface area contributed by atoms with Crippen LogP contribution in [-0.4, -0.2) is 42.1 Å². The Balaban J connectivity index is 1.61. The fourth-order valence-corrected chi connectivity index (χ4v) is 3.27. The number of ether oxygens (including phenoxy) is 3. The van der Waals surface area contributed by atoms with E-state index >= 15 is 0 Å². The van der Waals surface area contributed by atoms with Gasteiger partial charge < -0.3 is 14.2 Å². The van der Waals surface area contributed by atoms with Crippen molar-refractivity contribution in [3.8, 4) is 17.1 Å². The van der Waals surface area contributed by atoms with Crippen molar-refractivity contribution in [3.63, 3.8) is 0 Å². The highest BCUT2D eigenvalue weighted by molar-refractivity contribution is 6.24. The van der Waals surface area contributed by atoms with Crippen molar-refractivity contribution in [2.75, 3.05) is 31.3 Å². The lowest BCUT2D eigenvalue weighted by Gasteiger charge is -2.24. The molecule has 0 aliphatic carbocycles. The highest BCUT2D eigenvalue weighted by atomic mass is 35.5. The van der Waals surface area contributed by atoms with Gasteiger partial charge in [0.15, 0.2) is 0 Å². The van der Waals surface area contributed by atoms with Crippen LogP contribution in [-0.2, 0) is 22.4 Å². The maximum atomic E-state index is 12.4. The minimum Gasteiger partial charge on any atom is -0.475 e. The fraction of sp³-hybridized carbons (Fsp3) is 0.412. The van der Waals surface area contributed by atoms with Gasteiger partial charge >= 0.3 is 5.69 Å². The zero-order valence-corrected chi connectivity index (χ0v) is 14.3. The summed E-state index contributed by atoms with van der Waals surface area (Å²) in [6.07, 6.45) is 0.614. The zero-order valence-electron chi connectivity index (χ0n) is 13.5. The number of aryl methyl sites for hydroxylation is 1. The molecule has 4 rings (SSSR count). The van der Waals surface area contributed by atoms with E-state index in [1.807, 2.05) is 18.2 Å². The minimum atomic E-state index is -0.307. The van der Waals surface area contributed by atoms with E-state index in [-0.39, 0.29) is 11.8 Å². The van der Waals surface area contributed by atoms with Crippen LogP contribution in [0.5, 0.6) is 5.88 Å². The predicted molar refractivity (Wildman–Crippen MR) is 93.2 cm³/mol. The zero-order chi connectivity index (χ0) is 17.2. The third-order valence-corrected chi connectivity index (χ3v) is 4.60. The number of halogens is 1. The average molecular weight is 364 g/mol. The molecule has 2 aromatic rings. The molecule has 2 aliphatic rings. The summed E-state index contributed by atoms with van der Waals surface area (Å²) < 4.78 is 18.2. The first-order valence-electron chi connectivity index (χ1n) is 8.18. The Morgan fingerprint density at radius 1 is 1.36 bits per heavy atom. The molecule has 0 spiro atoms. The van der Waals surface area contributed by atoms with Crippen molar-refractivity contribution >= 4 is 17.5 Å². The summed E-state index contributed by atoms with van der Waals surface area (Å²) in [6, 6.07) is 7.62. The van der Waals surface area contributed by atoms with Crippen LogP contribution in [0.15, 0.2) is 29.1 Å². The van der Waals surface area contributed by atoms with Gasteiger partial charge in [0, 0.05) is 35.6 Å². The van der Waals surface area contributed by atoms with Crippen molar-refractivity contribution in [1.82, 2.24) is 9.55 Å². The summed E-state index contributed by atoms with van der Waals surface area (Å²) in [6.45, 7) is 2.53. The van der Waals surface area contributed by atoms with E-state index < -0.39 is 0 Å². The SMILES string of the molecule is O=c1nc(OC[C@@H]2COCCO2)cc2n1CCc1cc(NCl)ccc1-2.